The van der Waals surface area contributed by atoms with Crippen LogP contribution in [0.25, 0.3) is 0 Å². The Morgan fingerprint density at radius 3 is 2.20 bits per heavy atom. The maximum Gasteiger partial charge on any atom is 0.364 e. The van der Waals surface area contributed by atoms with E-state index in [9.17, 15) is 0 Å². The number of methoxy groups -OCH3 is 2. The first-order chi connectivity index (χ1) is 4.20. The molecule has 4 nitrogen and oxygen atoms in total. The van der Waals surface area contributed by atoms with Gasteiger partial charge in [0.05, 0.1) is 14.2 Å². The van der Waals surface area contributed by atoms with Gasteiger partial charge in [-0.1, -0.05) is 0 Å². The van der Waals surface area contributed by atoms with Gasteiger partial charge in [0.25, 0.3) is 0 Å². The zero-order chi connectivity index (χ0) is 7.28. The molecular weight excluding hydrogens is 156 g/mol. The van der Waals surface area contributed by atoms with Crippen molar-refractivity contribution in [2.24, 2.45) is 5.73 Å². The normalized spacial score (nSPS) is 9.60. The summed E-state index contributed by atoms with van der Waals surface area (Å²) in [6, 6.07) is 0. The molecule has 0 aliphatic carbocycles. The predicted molar refractivity (Wildman–Crippen MR) is 33.2 cm³/mol. The summed E-state index contributed by atoms with van der Waals surface area (Å²) in [6.07, 6.45) is 1.39. The fraction of sp³-hybridized carbons (Fsp3) is 0.400. The van der Waals surface area contributed by atoms with Gasteiger partial charge in [-0.25, -0.2) is 5.41 Å². The van der Waals surface area contributed by atoms with Crippen LogP contribution in [0.5, 0.6) is 0 Å². The average Bonchev–Trinajstić information content (AvgIpc) is 1.87. The van der Waals surface area contributed by atoms with E-state index in [1.165, 1.54) is 20.3 Å². The molecule has 0 aromatic rings. The molecule has 0 aliphatic heterocycles. The van der Waals surface area contributed by atoms with Gasteiger partial charge in [0.15, 0.2) is 5.88 Å². The lowest BCUT2D eigenvalue weighted by atomic mass is 10.6. The van der Waals surface area contributed by atoms with E-state index in [0.717, 1.165) is 0 Å². The first kappa shape index (κ1) is 11.8. The second-order valence-corrected chi connectivity index (χ2v) is 1.36. The summed E-state index contributed by atoms with van der Waals surface area (Å²) in [5.41, 5.74) is 5.21. The zero-order valence-corrected chi connectivity index (χ0v) is 6.68. The van der Waals surface area contributed by atoms with Crippen molar-refractivity contribution >= 4 is 5.90 Å². The van der Waals surface area contributed by atoms with Crippen LogP contribution in [0, 0.1) is 0 Å². The second-order valence-electron chi connectivity index (χ2n) is 1.36. The van der Waals surface area contributed by atoms with Gasteiger partial charge < -0.3 is 27.6 Å². The van der Waals surface area contributed by atoms with Crippen LogP contribution >= 0.6 is 0 Å². The molecule has 0 aromatic heterocycles. The Balaban J connectivity index is 0. The van der Waals surface area contributed by atoms with Crippen molar-refractivity contribution in [1.29, 1.82) is 0 Å². The first-order valence-electron chi connectivity index (χ1n) is 2.38. The van der Waals surface area contributed by atoms with Crippen LogP contribution in [0.2, 0.25) is 0 Å². The lowest BCUT2D eigenvalue weighted by Crippen LogP contribution is -3.00. The zero-order valence-electron chi connectivity index (χ0n) is 5.93. The Morgan fingerprint density at radius 2 is 1.90 bits per heavy atom. The van der Waals surface area contributed by atoms with Crippen LogP contribution in [0.4, 0.5) is 0 Å². The van der Waals surface area contributed by atoms with Gasteiger partial charge in [-0.3, -0.25) is 0 Å². The second kappa shape index (κ2) is 6.22. The minimum atomic E-state index is 0. The molecule has 0 saturated carbocycles. The van der Waals surface area contributed by atoms with Crippen molar-refractivity contribution in [2.75, 3.05) is 14.2 Å². The highest BCUT2D eigenvalue weighted by molar-refractivity contribution is 5.82. The molecule has 0 rings (SSSR count). The van der Waals surface area contributed by atoms with E-state index in [1.54, 1.807) is 0 Å². The third kappa shape index (κ3) is 5.24. The van der Waals surface area contributed by atoms with Gasteiger partial charge in [-0.15, -0.1) is 0 Å². The number of nitrogens with two attached hydrogens (primary N) is 2. The monoisotopic (exact) mass is 166 g/mol. The van der Waals surface area contributed by atoms with E-state index in [-0.39, 0.29) is 24.2 Å². The van der Waals surface area contributed by atoms with Crippen molar-refractivity contribution in [3.63, 3.8) is 0 Å². The lowest BCUT2D eigenvalue weighted by molar-refractivity contribution is -0.135. The molecule has 0 aromatic carbocycles. The van der Waals surface area contributed by atoms with Crippen LogP contribution in [0.3, 0.4) is 0 Å². The highest BCUT2D eigenvalue weighted by Crippen LogP contribution is 1.82. The third-order valence-corrected chi connectivity index (χ3v) is 0.756. The summed E-state index contributed by atoms with van der Waals surface area (Å²) in [5, 5.41) is 5.21. The van der Waals surface area contributed by atoms with E-state index in [4.69, 9.17) is 11.1 Å². The van der Waals surface area contributed by atoms with Crippen LogP contribution < -0.4 is 23.5 Å². The molecule has 0 bridgehead atoms. The Hall–Kier alpha value is -0.900. The van der Waals surface area contributed by atoms with E-state index in [0.29, 0.717) is 0 Å². The van der Waals surface area contributed by atoms with Crippen LogP contribution in [0.15, 0.2) is 12.0 Å². The summed E-state index contributed by atoms with van der Waals surface area (Å²) < 4.78 is 9.16. The Morgan fingerprint density at radius 1 is 1.40 bits per heavy atom. The van der Waals surface area contributed by atoms with E-state index in [2.05, 4.69) is 9.47 Å². The van der Waals surface area contributed by atoms with Gasteiger partial charge in [0, 0.05) is 0 Å². The smallest absolute Gasteiger partial charge is 0.364 e. The van der Waals surface area contributed by atoms with Crippen LogP contribution in [-0.2, 0) is 9.47 Å². The highest BCUT2D eigenvalue weighted by atomic mass is 35.5. The maximum absolute atomic E-state index is 5.21. The average molecular weight is 167 g/mol. The molecule has 0 atom stereocenters. The van der Waals surface area contributed by atoms with Gasteiger partial charge in [0.2, 0.25) is 0 Å². The number of hydrogen-bond donors (Lipinski definition) is 2. The van der Waals surface area contributed by atoms with Crippen molar-refractivity contribution in [1.82, 2.24) is 0 Å². The lowest BCUT2D eigenvalue weighted by Gasteiger charge is -1.94. The fourth-order valence-electron chi connectivity index (χ4n) is 0.258. The third-order valence-electron chi connectivity index (χ3n) is 0.756. The molecular formula is C5H11ClN2O2. The minimum Gasteiger partial charge on any atom is -1.00 e. The standard InChI is InChI=1S/C5H10N2O2.ClH/c1-8-4(6)3-5(7)9-2;/h3,6H,7H2,1-2H3;1H/b5-3+,6-4?;. The predicted octanol–water partition coefficient (Wildman–Crippen LogP) is -4.76. The maximum atomic E-state index is 5.21. The molecule has 0 saturated heterocycles. The number of hydrogen-bond acceptors (Lipinski definition) is 3. The van der Waals surface area contributed by atoms with E-state index < -0.39 is 0 Å². The largest absolute Gasteiger partial charge is 1.00 e. The molecule has 0 fully saturated rings. The summed E-state index contributed by atoms with van der Waals surface area (Å²) in [4.78, 5) is 0. The molecule has 0 heterocycles. The van der Waals surface area contributed by atoms with Gasteiger partial charge in [-0.05, 0) is 0 Å². The molecule has 0 spiro atoms. The Bertz CT molecular complexity index is 136. The van der Waals surface area contributed by atoms with Gasteiger partial charge in [0.1, 0.15) is 6.08 Å². The molecule has 10 heavy (non-hydrogen) atoms. The Labute approximate surface area is 65.9 Å². The van der Waals surface area contributed by atoms with Crippen molar-refractivity contribution in [3.8, 4) is 0 Å². The molecule has 0 aliphatic rings. The van der Waals surface area contributed by atoms with Gasteiger partial charge in [-0.2, -0.15) is 0 Å². The van der Waals surface area contributed by atoms with Crippen LogP contribution in [-0.4, -0.2) is 20.1 Å². The molecule has 0 radical (unpaired) electrons. The van der Waals surface area contributed by atoms with E-state index >= 15 is 0 Å². The van der Waals surface area contributed by atoms with Crippen molar-refractivity contribution in [2.45, 2.75) is 0 Å². The number of rotatable bonds is 2. The minimum absolute atomic E-state index is 0. The first-order valence-corrected chi connectivity index (χ1v) is 2.38. The SMILES string of the molecule is COC(=[NH2+])/C=C(\N)OC.[Cl-]. The highest BCUT2D eigenvalue weighted by Gasteiger charge is 1.96. The summed E-state index contributed by atoms with van der Waals surface area (Å²) in [7, 11) is 2.91. The summed E-state index contributed by atoms with van der Waals surface area (Å²) in [6.45, 7) is 0. The summed E-state index contributed by atoms with van der Waals surface area (Å²) >= 11 is 0. The van der Waals surface area contributed by atoms with Gasteiger partial charge >= 0.3 is 5.90 Å². The number of halogens is 1. The summed E-state index contributed by atoms with van der Waals surface area (Å²) in [5.74, 6) is 0.462. The quantitative estimate of drug-likeness (QED) is 0.246. The molecule has 0 unspecified atom stereocenters. The molecule has 5 heteroatoms. The molecule has 60 valence electrons. The fourth-order valence-corrected chi connectivity index (χ4v) is 0.258. The Kier molecular flexibility index (Phi) is 7.37. The number of ether oxygens (including phenoxy) is 2. The van der Waals surface area contributed by atoms with Crippen molar-refractivity contribution in [3.05, 3.63) is 12.0 Å². The van der Waals surface area contributed by atoms with E-state index in [1.807, 2.05) is 0 Å². The van der Waals surface area contributed by atoms with Crippen molar-refractivity contribution < 1.29 is 27.3 Å². The topological polar surface area (TPSA) is 70.1 Å². The molecule has 4 N–H and O–H groups in total. The molecule has 0 amide bonds. The van der Waals surface area contributed by atoms with Crippen LogP contribution in [0.1, 0.15) is 0 Å².